The first kappa shape index (κ1) is 15.5. The second kappa shape index (κ2) is 7.76. The van der Waals surface area contributed by atoms with Gasteiger partial charge < -0.3 is 0 Å². The maximum absolute atomic E-state index is 12.3. The summed E-state index contributed by atoms with van der Waals surface area (Å²) in [5, 5.41) is 0. The van der Waals surface area contributed by atoms with Crippen LogP contribution in [0.5, 0.6) is 0 Å². The maximum atomic E-state index is 12.3. The van der Waals surface area contributed by atoms with Gasteiger partial charge in [-0.25, -0.2) is 0 Å². The predicted molar refractivity (Wildman–Crippen MR) is 98.3 cm³/mol. The third-order valence-corrected chi connectivity index (χ3v) is 3.55. The second-order valence-corrected chi connectivity index (χ2v) is 5.27. The molecule has 0 atom stereocenters. The van der Waals surface area contributed by atoms with E-state index in [4.69, 9.17) is 0 Å². The van der Waals surface area contributed by atoms with E-state index >= 15 is 0 Å². The van der Waals surface area contributed by atoms with Crippen LogP contribution in [0.2, 0.25) is 0 Å². The fourth-order valence-electron chi connectivity index (χ4n) is 2.39. The topological polar surface area (TPSA) is 17.1 Å². The molecule has 0 aliphatic rings. The smallest absolute Gasteiger partial charge is 0.229 e. The summed E-state index contributed by atoms with van der Waals surface area (Å²) in [7, 11) is 0. The van der Waals surface area contributed by atoms with Crippen molar-refractivity contribution in [1.29, 1.82) is 0 Å². The minimum atomic E-state index is -0.207. The zero-order chi connectivity index (χ0) is 16.6. The average molecular weight is 308 g/mol. The van der Waals surface area contributed by atoms with Crippen LogP contribution in [0.3, 0.4) is 0 Å². The quantitative estimate of drug-likeness (QED) is 0.504. The molecule has 0 aromatic heterocycles. The molecular formula is C23H16O. The van der Waals surface area contributed by atoms with E-state index < -0.39 is 0 Å². The Morgan fingerprint density at radius 3 is 1.62 bits per heavy atom. The zero-order valence-corrected chi connectivity index (χ0v) is 13.1. The summed E-state index contributed by atoms with van der Waals surface area (Å²) in [6, 6.07) is 29.3. The minimum Gasteiger partial charge on any atom is -0.280 e. The molecule has 0 N–H and O–H groups in total. The van der Waals surface area contributed by atoms with Crippen molar-refractivity contribution < 1.29 is 4.79 Å². The zero-order valence-electron chi connectivity index (χ0n) is 13.1. The lowest BCUT2D eigenvalue weighted by Gasteiger charge is -2.07. The number of allylic oxidation sites excluding steroid dienone is 1. The lowest BCUT2D eigenvalue weighted by atomic mass is 9.97. The largest absolute Gasteiger partial charge is 0.280 e. The molecule has 3 rings (SSSR count). The van der Waals surface area contributed by atoms with Crippen molar-refractivity contribution in [2.45, 2.75) is 0 Å². The highest BCUT2D eigenvalue weighted by Gasteiger charge is 2.06. The molecule has 1 nitrogen and oxygen atoms in total. The van der Waals surface area contributed by atoms with Crippen LogP contribution < -0.4 is 0 Å². The van der Waals surface area contributed by atoms with E-state index in [1.54, 1.807) is 6.08 Å². The van der Waals surface area contributed by atoms with Gasteiger partial charge in [0.15, 0.2) is 0 Å². The minimum absolute atomic E-state index is 0.207. The van der Waals surface area contributed by atoms with Gasteiger partial charge in [-0.3, -0.25) is 4.79 Å². The van der Waals surface area contributed by atoms with Crippen molar-refractivity contribution in [1.82, 2.24) is 0 Å². The summed E-state index contributed by atoms with van der Waals surface area (Å²) in [5.74, 6) is 5.41. The van der Waals surface area contributed by atoms with Crippen molar-refractivity contribution in [3.63, 3.8) is 0 Å². The van der Waals surface area contributed by atoms with E-state index in [1.807, 2.05) is 91.0 Å². The van der Waals surface area contributed by atoms with E-state index in [9.17, 15) is 4.79 Å². The van der Waals surface area contributed by atoms with Crippen molar-refractivity contribution in [3.8, 4) is 11.8 Å². The predicted octanol–water partition coefficient (Wildman–Crippen LogP) is 4.74. The van der Waals surface area contributed by atoms with Gasteiger partial charge in [0.1, 0.15) is 0 Å². The van der Waals surface area contributed by atoms with Crippen LogP contribution in [0.1, 0.15) is 16.7 Å². The molecule has 0 saturated heterocycles. The fourth-order valence-corrected chi connectivity index (χ4v) is 2.39. The molecule has 0 spiro atoms. The highest BCUT2D eigenvalue weighted by atomic mass is 16.1. The number of rotatable bonds is 3. The first-order chi connectivity index (χ1) is 11.8. The molecule has 3 aromatic carbocycles. The molecule has 0 heterocycles. The number of benzene rings is 3. The van der Waals surface area contributed by atoms with Crippen molar-refractivity contribution >= 4 is 11.4 Å². The monoisotopic (exact) mass is 308 g/mol. The standard InChI is InChI=1S/C23H16O/c24-22(17-16-19-10-4-1-5-11-19)18-23(20-12-6-2-7-13-20)21-14-8-3-9-15-21/h1-15,18H. The summed E-state index contributed by atoms with van der Waals surface area (Å²) in [5.41, 5.74) is 3.71. The Morgan fingerprint density at radius 1 is 0.667 bits per heavy atom. The lowest BCUT2D eigenvalue weighted by molar-refractivity contribution is -0.109. The number of carbonyl (C=O) groups is 1. The van der Waals surface area contributed by atoms with Gasteiger partial charge in [0.2, 0.25) is 5.78 Å². The molecule has 0 amide bonds. The van der Waals surface area contributed by atoms with Gasteiger partial charge in [0.05, 0.1) is 0 Å². The van der Waals surface area contributed by atoms with E-state index in [-0.39, 0.29) is 5.78 Å². The van der Waals surface area contributed by atoms with Crippen molar-refractivity contribution in [3.05, 3.63) is 114 Å². The Bertz CT molecular complexity index is 854. The van der Waals surface area contributed by atoms with E-state index in [1.165, 1.54) is 0 Å². The fraction of sp³-hybridized carbons (Fsp3) is 0. The Morgan fingerprint density at radius 2 is 1.12 bits per heavy atom. The summed E-state index contributed by atoms with van der Waals surface area (Å²) in [4.78, 5) is 12.3. The lowest BCUT2D eigenvalue weighted by Crippen LogP contribution is -1.94. The highest BCUT2D eigenvalue weighted by Crippen LogP contribution is 2.22. The molecule has 114 valence electrons. The third kappa shape index (κ3) is 4.09. The van der Waals surface area contributed by atoms with E-state index in [0.29, 0.717) is 0 Å². The normalized spacial score (nSPS) is 9.50. The van der Waals surface area contributed by atoms with Gasteiger partial charge >= 0.3 is 0 Å². The molecule has 0 fully saturated rings. The first-order valence-corrected chi connectivity index (χ1v) is 7.76. The summed E-state index contributed by atoms with van der Waals surface area (Å²) in [6.45, 7) is 0. The third-order valence-electron chi connectivity index (χ3n) is 3.55. The highest BCUT2D eigenvalue weighted by molar-refractivity contribution is 6.10. The molecule has 24 heavy (non-hydrogen) atoms. The summed E-state index contributed by atoms with van der Waals surface area (Å²) < 4.78 is 0. The molecule has 1 heteroatoms. The molecule has 0 bridgehead atoms. The summed E-state index contributed by atoms with van der Waals surface area (Å²) >= 11 is 0. The van der Waals surface area contributed by atoms with Crippen molar-refractivity contribution in [2.24, 2.45) is 0 Å². The molecule has 0 saturated carbocycles. The van der Waals surface area contributed by atoms with Crippen LogP contribution in [-0.2, 0) is 4.79 Å². The van der Waals surface area contributed by atoms with Crippen molar-refractivity contribution in [2.75, 3.05) is 0 Å². The van der Waals surface area contributed by atoms with Crippen LogP contribution >= 0.6 is 0 Å². The van der Waals surface area contributed by atoms with E-state index in [0.717, 1.165) is 22.3 Å². The Kier molecular flexibility index (Phi) is 5.02. The van der Waals surface area contributed by atoms with Gasteiger partial charge in [-0.2, -0.15) is 0 Å². The van der Waals surface area contributed by atoms with Gasteiger partial charge in [0.25, 0.3) is 0 Å². The van der Waals surface area contributed by atoms with Crippen LogP contribution in [0.25, 0.3) is 5.57 Å². The molecule has 0 aliphatic heterocycles. The van der Waals surface area contributed by atoms with Crippen LogP contribution in [-0.4, -0.2) is 5.78 Å². The van der Waals surface area contributed by atoms with Gasteiger partial charge in [-0.15, -0.1) is 0 Å². The van der Waals surface area contributed by atoms with Gasteiger partial charge in [0, 0.05) is 11.6 Å². The molecule has 0 radical (unpaired) electrons. The molecule has 3 aromatic rings. The van der Waals surface area contributed by atoms with Crippen LogP contribution in [0.15, 0.2) is 97.1 Å². The molecular weight excluding hydrogens is 292 g/mol. The number of hydrogen-bond acceptors (Lipinski definition) is 1. The van der Waals surface area contributed by atoms with E-state index in [2.05, 4.69) is 11.8 Å². The molecule has 0 aliphatic carbocycles. The second-order valence-electron chi connectivity index (χ2n) is 5.27. The SMILES string of the molecule is O=C(C#Cc1ccccc1)C=C(c1ccccc1)c1ccccc1. The number of ketones is 1. The first-order valence-electron chi connectivity index (χ1n) is 7.76. The summed E-state index contributed by atoms with van der Waals surface area (Å²) in [6.07, 6.45) is 1.61. The Hall–Kier alpha value is -3.37. The maximum Gasteiger partial charge on any atom is 0.229 e. The van der Waals surface area contributed by atoms with Gasteiger partial charge in [-0.05, 0) is 34.8 Å². The van der Waals surface area contributed by atoms with Crippen LogP contribution in [0.4, 0.5) is 0 Å². The number of carbonyl (C=O) groups excluding carboxylic acids is 1. The molecule has 0 unspecified atom stereocenters. The Balaban J connectivity index is 1.95. The Labute approximate surface area is 142 Å². The van der Waals surface area contributed by atoms with Gasteiger partial charge in [-0.1, -0.05) is 84.8 Å². The number of hydrogen-bond donors (Lipinski definition) is 0. The van der Waals surface area contributed by atoms with Crippen LogP contribution in [0, 0.1) is 11.8 Å². The average Bonchev–Trinajstić information content (AvgIpc) is 2.67.